The quantitative estimate of drug-likeness (QED) is 0.918. The molecule has 6 heteroatoms. The maximum Gasteiger partial charge on any atom is 0.124 e. The van der Waals surface area contributed by atoms with Crippen LogP contribution in [0.5, 0.6) is 0 Å². The van der Waals surface area contributed by atoms with E-state index in [1.807, 2.05) is 20.2 Å². The summed E-state index contributed by atoms with van der Waals surface area (Å²) in [5.74, 6) is -0.245. The number of benzene rings is 1. The smallest absolute Gasteiger partial charge is 0.124 e. The van der Waals surface area contributed by atoms with E-state index in [4.69, 9.17) is 0 Å². The number of halogens is 2. The fraction of sp³-hybridized carbons (Fsp3) is 0.385. The molecule has 0 fully saturated rings. The molecule has 2 aromatic rings. The van der Waals surface area contributed by atoms with Crippen molar-refractivity contribution < 1.29 is 4.39 Å². The SMILES string of the molecule is CCNC(Cc1cn(C)nn1)c1ccc(F)cc1Br. The molecular weight excluding hydrogens is 311 g/mol. The summed E-state index contributed by atoms with van der Waals surface area (Å²) in [5, 5.41) is 11.4. The molecule has 0 spiro atoms. The fourth-order valence-electron chi connectivity index (χ4n) is 2.02. The van der Waals surface area contributed by atoms with Crippen LogP contribution in [0, 0.1) is 5.82 Å². The highest BCUT2D eigenvalue weighted by atomic mass is 79.9. The van der Waals surface area contributed by atoms with Crippen molar-refractivity contribution in [2.75, 3.05) is 6.54 Å². The van der Waals surface area contributed by atoms with Gasteiger partial charge >= 0.3 is 0 Å². The lowest BCUT2D eigenvalue weighted by Gasteiger charge is -2.18. The first-order valence-electron chi connectivity index (χ1n) is 6.13. The van der Waals surface area contributed by atoms with Gasteiger partial charge in [-0.2, -0.15) is 0 Å². The topological polar surface area (TPSA) is 42.7 Å². The van der Waals surface area contributed by atoms with E-state index < -0.39 is 0 Å². The molecule has 0 saturated heterocycles. The lowest BCUT2D eigenvalue weighted by molar-refractivity contribution is 0.539. The summed E-state index contributed by atoms with van der Waals surface area (Å²) in [7, 11) is 1.84. The fourth-order valence-corrected chi connectivity index (χ4v) is 2.65. The maximum absolute atomic E-state index is 13.2. The van der Waals surface area contributed by atoms with Crippen LogP contribution in [0.25, 0.3) is 0 Å². The van der Waals surface area contributed by atoms with Crippen molar-refractivity contribution in [3.8, 4) is 0 Å². The Morgan fingerprint density at radius 2 is 2.26 bits per heavy atom. The Labute approximate surface area is 120 Å². The zero-order chi connectivity index (χ0) is 13.8. The first-order valence-corrected chi connectivity index (χ1v) is 6.93. The number of nitrogens with zero attached hydrogens (tertiary/aromatic N) is 3. The van der Waals surface area contributed by atoms with Gasteiger partial charge in [-0.15, -0.1) is 5.10 Å². The molecular formula is C13H16BrFN4. The van der Waals surface area contributed by atoms with Gasteiger partial charge in [0.15, 0.2) is 0 Å². The maximum atomic E-state index is 13.2. The Hall–Kier alpha value is -1.27. The second kappa shape index (κ2) is 6.25. The molecule has 1 aromatic carbocycles. The highest BCUT2D eigenvalue weighted by Crippen LogP contribution is 2.26. The third-order valence-corrected chi connectivity index (χ3v) is 3.54. The molecule has 0 saturated carbocycles. The summed E-state index contributed by atoms with van der Waals surface area (Å²) in [4.78, 5) is 0. The largest absolute Gasteiger partial charge is 0.310 e. The van der Waals surface area contributed by atoms with Crippen LogP contribution in [0.15, 0.2) is 28.9 Å². The highest BCUT2D eigenvalue weighted by molar-refractivity contribution is 9.10. The summed E-state index contributed by atoms with van der Waals surface area (Å²) in [6.45, 7) is 2.87. The molecule has 1 N–H and O–H groups in total. The molecule has 1 atom stereocenters. The van der Waals surface area contributed by atoms with Crippen molar-refractivity contribution in [2.24, 2.45) is 7.05 Å². The van der Waals surface area contributed by atoms with Crippen LogP contribution in [0.1, 0.15) is 24.2 Å². The number of hydrogen-bond donors (Lipinski definition) is 1. The van der Waals surface area contributed by atoms with Gasteiger partial charge < -0.3 is 5.32 Å². The summed E-state index contributed by atoms with van der Waals surface area (Å²) in [6.07, 6.45) is 2.60. The van der Waals surface area contributed by atoms with Crippen molar-refractivity contribution in [3.63, 3.8) is 0 Å². The van der Waals surface area contributed by atoms with Gasteiger partial charge in [0.1, 0.15) is 5.82 Å². The van der Waals surface area contributed by atoms with E-state index in [1.165, 1.54) is 12.1 Å². The van der Waals surface area contributed by atoms with Gasteiger partial charge in [-0.1, -0.05) is 34.1 Å². The molecule has 0 radical (unpaired) electrons. The number of aryl methyl sites for hydroxylation is 1. The van der Waals surface area contributed by atoms with Gasteiger partial charge in [-0.25, -0.2) is 4.39 Å². The minimum Gasteiger partial charge on any atom is -0.310 e. The molecule has 2 rings (SSSR count). The van der Waals surface area contributed by atoms with Crippen LogP contribution in [-0.4, -0.2) is 21.5 Å². The average Bonchev–Trinajstić information content (AvgIpc) is 2.74. The molecule has 1 aromatic heterocycles. The lowest BCUT2D eigenvalue weighted by Crippen LogP contribution is -2.23. The third kappa shape index (κ3) is 3.61. The zero-order valence-corrected chi connectivity index (χ0v) is 12.5. The Morgan fingerprint density at radius 3 is 2.84 bits per heavy atom. The molecule has 0 aliphatic carbocycles. The Morgan fingerprint density at radius 1 is 1.47 bits per heavy atom. The van der Waals surface area contributed by atoms with Crippen LogP contribution >= 0.6 is 15.9 Å². The van der Waals surface area contributed by atoms with E-state index in [2.05, 4.69) is 31.6 Å². The molecule has 1 heterocycles. The van der Waals surface area contributed by atoms with E-state index in [1.54, 1.807) is 10.7 Å². The predicted octanol–water partition coefficient (Wildman–Crippen LogP) is 2.61. The van der Waals surface area contributed by atoms with Crippen molar-refractivity contribution >= 4 is 15.9 Å². The third-order valence-electron chi connectivity index (χ3n) is 2.85. The Balaban J connectivity index is 2.23. The van der Waals surface area contributed by atoms with Crippen LogP contribution in [0.2, 0.25) is 0 Å². The number of hydrogen-bond acceptors (Lipinski definition) is 3. The van der Waals surface area contributed by atoms with E-state index >= 15 is 0 Å². The first-order chi connectivity index (χ1) is 9.10. The minimum atomic E-state index is -0.245. The number of aromatic nitrogens is 3. The van der Waals surface area contributed by atoms with Gasteiger partial charge in [0.25, 0.3) is 0 Å². The summed E-state index contributed by atoms with van der Waals surface area (Å²) in [5.41, 5.74) is 1.93. The normalized spacial score (nSPS) is 12.6. The van der Waals surface area contributed by atoms with Crippen molar-refractivity contribution in [2.45, 2.75) is 19.4 Å². The number of rotatable bonds is 5. The van der Waals surface area contributed by atoms with Crippen LogP contribution < -0.4 is 5.32 Å². The van der Waals surface area contributed by atoms with Gasteiger partial charge in [0.2, 0.25) is 0 Å². The second-order valence-corrected chi connectivity index (χ2v) is 5.22. The van der Waals surface area contributed by atoms with E-state index in [0.717, 1.165) is 22.3 Å². The van der Waals surface area contributed by atoms with Gasteiger partial charge in [0.05, 0.1) is 5.69 Å². The predicted molar refractivity (Wildman–Crippen MR) is 75.2 cm³/mol. The van der Waals surface area contributed by atoms with E-state index in [0.29, 0.717) is 6.42 Å². The minimum absolute atomic E-state index is 0.0803. The Kier molecular flexibility index (Phi) is 4.66. The average molecular weight is 327 g/mol. The van der Waals surface area contributed by atoms with Crippen molar-refractivity contribution in [3.05, 3.63) is 45.9 Å². The van der Waals surface area contributed by atoms with Crippen LogP contribution in [0.4, 0.5) is 4.39 Å². The van der Waals surface area contributed by atoms with E-state index in [9.17, 15) is 4.39 Å². The molecule has 0 bridgehead atoms. The number of nitrogens with one attached hydrogen (secondary N) is 1. The lowest BCUT2D eigenvalue weighted by atomic mass is 10.0. The summed E-state index contributed by atoms with van der Waals surface area (Å²) in [6, 6.07) is 4.83. The zero-order valence-electron chi connectivity index (χ0n) is 10.9. The Bertz CT molecular complexity index is 555. The summed E-state index contributed by atoms with van der Waals surface area (Å²) >= 11 is 3.42. The monoisotopic (exact) mass is 326 g/mol. The summed E-state index contributed by atoms with van der Waals surface area (Å²) < 4.78 is 15.6. The molecule has 19 heavy (non-hydrogen) atoms. The molecule has 1 unspecified atom stereocenters. The molecule has 0 aliphatic rings. The molecule has 4 nitrogen and oxygen atoms in total. The first kappa shape index (κ1) is 14.1. The molecule has 0 aliphatic heterocycles. The van der Waals surface area contributed by atoms with Crippen molar-refractivity contribution in [1.82, 2.24) is 20.3 Å². The van der Waals surface area contributed by atoms with Crippen LogP contribution in [0.3, 0.4) is 0 Å². The molecule has 102 valence electrons. The highest BCUT2D eigenvalue weighted by Gasteiger charge is 2.16. The molecule has 0 amide bonds. The standard InChI is InChI=1S/C13H16BrFN4/c1-3-16-13(7-10-8-19(2)18-17-10)11-5-4-9(15)6-12(11)14/h4-6,8,13,16H,3,7H2,1-2H3. The van der Waals surface area contributed by atoms with Crippen LogP contribution in [-0.2, 0) is 13.5 Å². The van der Waals surface area contributed by atoms with Gasteiger partial charge in [0, 0.05) is 30.2 Å². The van der Waals surface area contributed by atoms with E-state index in [-0.39, 0.29) is 11.9 Å². The van der Waals surface area contributed by atoms with Gasteiger partial charge in [-0.05, 0) is 24.2 Å². The van der Waals surface area contributed by atoms with Gasteiger partial charge in [-0.3, -0.25) is 4.68 Å². The van der Waals surface area contributed by atoms with Crippen molar-refractivity contribution in [1.29, 1.82) is 0 Å². The number of likely N-dealkylation sites (N-methyl/N-ethyl adjacent to an activating group) is 1. The second-order valence-electron chi connectivity index (χ2n) is 4.36.